The first-order chi connectivity index (χ1) is 8.11. The first kappa shape index (κ1) is 14.4. The Balaban J connectivity index is 2.71. The number of hydrogen-bond acceptors (Lipinski definition) is 4. The molecule has 0 aliphatic carbocycles. The van der Waals surface area contributed by atoms with Crippen molar-refractivity contribution in [2.24, 2.45) is 5.92 Å². The van der Waals surface area contributed by atoms with Gasteiger partial charge in [0.25, 0.3) is 0 Å². The van der Waals surface area contributed by atoms with Crippen LogP contribution in [0.2, 0.25) is 0 Å². The van der Waals surface area contributed by atoms with Gasteiger partial charge in [-0.2, -0.15) is 0 Å². The second kappa shape index (κ2) is 6.93. The quantitative estimate of drug-likeness (QED) is 0.720. The molecule has 1 N–H and O–H groups in total. The molecule has 0 aromatic carbocycles. The van der Waals surface area contributed by atoms with Gasteiger partial charge in [0.2, 0.25) is 0 Å². The summed E-state index contributed by atoms with van der Waals surface area (Å²) >= 11 is 0. The summed E-state index contributed by atoms with van der Waals surface area (Å²) in [6, 6.07) is 0.186. The van der Waals surface area contributed by atoms with E-state index < -0.39 is 11.9 Å². The molecule has 1 fully saturated rings. The molecule has 0 spiro atoms. The van der Waals surface area contributed by atoms with Crippen LogP contribution < -0.4 is 0 Å². The third-order valence-electron chi connectivity index (χ3n) is 3.25. The molecule has 3 unspecified atom stereocenters. The predicted molar refractivity (Wildman–Crippen MR) is 64.1 cm³/mol. The summed E-state index contributed by atoms with van der Waals surface area (Å²) in [7, 11) is 1.67. The van der Waals surface area contributed by atoms with Crippen LogP contribution in [0.15, 0.2) is 0 Å². The van der Waals surface area contributed by atoms with Gasteiger partial charge in [0, 0.05) is 19.2 Å². The van der Waals surface area contributed by atoms with Crippen LogP contribution in [0.1, 0.15) is 20.3 Å². The fourth-order valence-electron chi connectivity index (χ4n) is 2.41. The Labute approximate surface area is 103 Å². The summed E-state index contributed by atoms with van der Waals surface area (Å²) in [4.78, 5) is 13.4. The highest BCUT2D eigenvalue weighted by Gasteiger charge is 2.39. The van der Waals surface area contributed by atoms with E-state index in [9.17, 15) is 9.90 Å². The number of nitrogens with zero attached hydrogens (tertiary/aromatic N) is 1. The second-order valence-corrected chi connectivity index (χ2v) is 4.59. The number of ether oxygens (including phenoxy) is 2. The van der Waals surface area contributed by atoms with Crippen molar-refractivity contribution >= 4 is 5.97 Å². The Hall–Kier alpha value is -0.650. The van der Waals surface area contributed by atoms with Crippen molar-refractivity contribution in [1.82, 2.24) is 4.90 Å². The molecule has 0 saturated carbocycles. The maximum Gasteiger partial charge on any atom is 0.310 e. The standard InChI is InChI=1S/C12H23NO4/c1-4-5-13(9(2)6-16-3)11-8-17-7-10(11)12(14)15/h9-11H,4-8H2,1-3H3,(H,14,15). The van der Waals surface area contributed by atoms with Gasteiger partial charge in [0.1, 0.15) is 0 Å². The third-order valence-corrected chi connectivity index (χ3v) is 3.25. The molecule has 0 aromatic heterocycles. The minimum absolute atomic E-state index is 0.0300. The van der Waals surface area contributed by atoms with E-state index in [0.29, 0.717) is 19.8 Å². The van der Waals surface area contributed by atoms with E-state index in [1.165, 1.54) is 0 Å². The fourth-order valence-corrected chi connectivity index (χ4v) is 2.41. The first-order valence-electron chi connectivity index (χ1n) is 6.17. The largest absolute Gasteiger partial charge is 0.481 e. The van der Waals surface area contributed by atoms with Gasteiger partial charge in [-0.3, -0.25) is 9.69 Å². The molecule has 0 bridgehead atoms. The first-order valence-corrected chi connectivity index (χ1v) is 6.17. The summed E-state index contributed by atoms with van der Waals surface area (Å²) in [6.07, 6.45) is 0.997. The van der Waals surface area contributed by atoms with Gasteiger partial charge >= 0.3 is 5.97 Å². The molecular weight excluding hydrogens is 222 g/mol. The van der Waals surface area contributed by atoms with E-state index in [-0.39, 0.29) is 12.1 Å². The summed E-state index contributed by atoms with van der Waals surface area (Å²) in [5, 5.41) is 9.17. The number of aliphatic carboxylic acids is 1. The van der Waals surface area contributed by atoms with E-state index in [2.05, 4.69) is 18.7 Å². The van der Waals surface area contributed by atoms with Crippen LogP contribution in [0.5, 0.6) is 0 Å². The smallest absolute Gasteiger partial charge is 0.310 e. The molecule has 1 saturated heterocycles. The van der Waals surface area contributed by atoms with Crippen molar-refractivity contribution in [2.75, 3.05) is 33.5 Å². The number of rotatable bonds is 7. The molecule has 1 aliphatic rings. The molecule has 5 heteroatoms. The van der Waals surface area contributed by atoms with Crippen LogP contribution in [0.4, 0.5) is 0 Å². The SMILES string of the molecule is CCCN(C(C)COC)C1COCC1C(=O)O. The molecule has 0 radical (unpaired) electrons. The fraction of sp³-hybridized carbons (Fsp3) is 0.917. The van der Waals surface area contributed by atoms with E-state index in [1.807, 2.05) is 0 Å². The van der Waals surface area contributed by atoms with Crippen LogP contribution in [-0.4, -0.2) is 61.5 Å². The zero-order valence-corrected chi connectivity index (χ0v) is 10.9. The number of carbonyl (C=O) groups is 1. The van der Waals surface area contributed by atoms with E-state index in [1.54, 1.807) is 7.11 Å². The molecular formula is C12H23NO4. The summed E-state index contributed by atoms with van der Waals surface area (Å²) in [5.41, 5.74) is 0. The predicted octanol–water partition coefficient (Wildman–Crippen LogP) is 0.833. The molecule has 1 heterocycles. The van der Waals surface area contributed by atoms with Crippen molar-refractivity contribution in [3.05, 3.63) is 0 Å². The number of carboxylic acid groups (broad SMARTS) is 1. The Morgan fingerprint density at radius 1 is 1.59 bits per heavy atom. The lowest BCUT2D eigenvalue weighted by molar-refractivity contribution is -0.143. The Kier molecular flexibility index (Phi) is 5.88. The van der Waals surface area contributed by atoms with Crippen molar-refractivity contribution in [1.29, 1.82) is 0 Å². The minimum Gasteiger partial charge on any atom is -0.481 e. The van der Waals surface area contributed by atoms with Crippen LogP contribution in [-0.2, 0) is 14.3 Å². The highest BCUT2D eigenvalue weighted by Crippen LogP contribution is 2.22. The molecule has 3 atom stereocenters. The normalized spacial score (nSPS) is 26.4. The van der Waals surface area contributed by atoms with Crippen LogP contribution >= 0.6 is 0 Å². The van der Waals surface area contributed by atoms with Gasteiger partial charge in [-0.25, -0.2) is 0 Å². The average Bonchev–Trinajstić information content (AvgIpc) is 2.74. The second-order valence-electron chi connectivity index (χ2n) is 4.59. The monoisotopic (exact) mass is 245 g/mol. The van der Waals surface area contributed by atoms with Crippen molar-refractivity contribution in [2.45, 2.75) is 32.4 Å². The van der Waals surface area contributed by atoms with Gasteiger partial charge in [-0.1, -0.05) is 6.92 Å². The van der Waals surface area contributed by atoms with E-state index in [4.69, 9.17) is 9.47 Å². The number of methoxy groups -OCH3 is 1. The molecule has 100 valence electrons. The Bertz CT molecular complexity index is 247. The summed E-state index contributed by atoms with van der Waals surface area (Å²) in [6.45, 7) is 6.48. The van der Waals surface area contributed by atoms with Gasteiger partial charge < -0.3 is 14.6 Å². The molecule has 5 nitrogen and oxygen atoms in total. The summed E-state index contributed by atoms with van der Waals surface area (Å²) in [5.74, 6) is -1.18. The van der Waals surface area contributed by atoms with Crippen molar-refractivity contribution < 1.29 is 19.4 Å². The molecule has 1 aliphatic heterocycles. The van der Waals surface area contributed by atoms with E-state index in [0.717, 1.165) is 13.0 Å². The topological polar surface area (TPSA) is 59.0 Å². The van der Waals surface area contributed by atoms with Crippen LogP contribution in [0.3, 0.4) is 0 Å². The maximum absolute atomic E-state index is 11.2. The minimum atomic E-state index is -0.766. The van der Waals surface area contributed by atoms with Gasteiger partial charge in [0.15, 0.2) is 0 Å². The Morgan fingerprint density at radius 3 is 2.82 bits per heavy atom. The van der Waals surface area contributed by atoms with Crippen molar-refractivity contribution in [3.63, 3.8) is 0 Å². The third kappa shape index (κ3) is 3.66. The highest BCUT2D eigenvalue weighted by molar-refractivity contribution is 5.71. The maximum atomic E-state index is 11.2. The lowest BCUT2D eigenvalue weighted by Crippen LogP contribution is -2.49. The lowest BCUT2D eigenvalue weighted by Gasteiger charge is -2.34. The molecule has 17 heavy (non-hydrogen) atoms. The molecule has 1 rings (SSSR count). The van der Waals surface area contributed by atoms with Gasteiger partial charge in [-0.15, -0.1) is 0 Å². The van der Waals surface area contributed by atoms with E-state index >= 15 is 0 Å². The van der Waals surface area contributed by atoms with Gasteiger partial charge in [-0.05, 0) is 19.9 Å². The van der Waals surface area contributed by atoms with Gasteiger partial charge in [0.05, 0.1) is 25.7 Å². The van der Waals surface area contributed by atoms with Crippen molar-refractivity contribution in [3.8, 4) is 0 Å². The molecule has 0 aromatic rings. The zero-order valence-electron chi connectivity index (χ0n) is 10.9. The number of carboxylic acids is 1. The average molecular weight is 245 g/mol. The zero-order chi connectivity index (χ0) is 12.8. The van der Waals surface area contributed by atoms with Crippen LogP contribution in [0, 0.1) is 5.92 Å². The molecule has 0 amide bonds. The highest BCUT2D eigenvalue weighted by atomic mass is 16.5. The summed E-state index contributed by atoms with van der Waals surface area (Å²) < 4.78 is 10.5. The number of hydrogen-bond donors (Lipinski definition) is 1. The Morgan fingerprint density at radius 2 is 2.29 bits per heavy atom. The van der Waals surface area contributed by atoms with Crippen LogP contribution in [0.25, 0.3) is 0 Å². The lowest BCUT2D eigenvalue weighted by atomic mass is 10.0.